The molecule has 6 nitrogen and oxygen atoms in total. The average molecular weight is 369 g/mol. The summed E-state index contributed by atoms with van der Waals surface area (Å²) >= 11 is 0. The zero-order valence-corrected chi connectivity index (χ0v) is 15.8. The minimum absolute atomic E-state index is 0.128. The summed E-state index contributed by atoms with van der Waals surface area (Å²) < 4.78 is 5.66. The molecule has 3 rings (SSSR count). The van der Waals surface area contributed by atoms with Crippen molar-refractivity contribution in [2.24, 2.45) is 0 Å². The summed E-state index contributed by atoms with van der Waals surface area (Å²) in [5.74, 6) is 0.916. The average Bonchev–Trinajstić information content (AvgIpc) is 2.68. The lowest BCUT2D eigenvalue weighted by Crippen LogP contribution is -2.39. The molecule has 144 valence electrons. The molecule has 0 radical (unpaired) electrons. The molecule has 0 spiro atoms. The number of rotatable bonds is 7. The van der Waals surface area contributed by atoms with E-state index < -0.39 is 0 Å². The van der Waals surface area contributed by atoms with Crippen LogP contribution in [0.1, 0.15) is 48.7 Å². The van der Waals surface area contributed by atoms with Gasteiger partial charge < -0.3 is 14.6 Å². The fraction of sp³-hybridized carbons (Fsp3) is 0.476. The fourth-order valence-corrected chi connectivity index (χ4v) is 3.50. The van der Waals surface area contributed by atoms with E-state index in [-0.39, 0.29) is 17.4 Å². The highest BCUT2D eigenvalue weighted by Crippen LogP contribution is 2.25. The number of aromatic nitrogens is 2. The van der Waals surface area contributed by atoms with Crippen LogP contribution in [0.5, 0.6) is 0 Å². The lowest BCUT2D eigenvalue weighted by molar-refractivity contribution is -0.132. The zero-order chi connectivity index (χ0) is 19.1. The molecular weight excluding hydrogens is 342 g/mol. The van der Waals surface area contributed by atoms with Crippen molar-refractivity contribution >= 4 is 5.91 Å². The number of amides is 1. The number of ether oxygens (including phenoxy) is 1. The Bertz CT molecular complexity index is 804. The van der Waals surface area contributed by atoms with Crippen LogP contribution in [0.25, 0.3) is 0 Å². The number of nitrogens with zero attached hydrogens (tertiary/aromatic N) is 2. The number of hydrogen-bond donors (Lipinski definition) is 1. The summed E-state index contributed by atoms with van der Waals surface area (Å²) in [4.78, 5) is 33.2. The lowest BCUT2D eigenvalue weighted by atomic mass is 9.94. The minimum atomic E-state index is -0.128. The Kier molecular flexibility index (Phi) is 6.76. The van der Waals surface area contributed by atoms with Crippen LogP contribution in [0.3, 0.4) is 0 Å². The predicted molar refractivity (Wildman–Crippen MR) is 103 cm³/mol. The van der Waals surface area contributed by atoms with E-state index in [1.165, 1.54) is 0 Å². The Morgan fingerprint density at radius 2 is 2.15 bits per heavy atom. The van der Waals surface area contributed by atoms with Crippen molar-refractivity contribution in [3.8, 4) is 0 Å². The van der Waals surface area contributed by atoms with Gasteiger partial charge in [0, 0.05) is 38.1 Å². The Hall–Kier alpha value is -2.47. The molecular formula is C21H27N3O3. The van der Waals surface area contributed by atoms with Crippen LogP contribution < -0.4 is 5.56 Å². The number of benzene rings is 1. The van der Waals surface area contributed by atoms with Crippen LogP contribution in [0.15, 0.2) is 41.2 Å². The Balaban J connectivity index is 1.43. The Morgan fingerprint density at radius 1 is 1.33 bits per heavy atom. The number of likely N-dealkylation sites (tertiary alicyclic amines) is 1. The minimum Gasteiger partial charge on any atom is -0.377 e. The van der Waals surface area contributed by atoms with E-state index in [1.54, 1.807) is 13.0 Å². The molecule has 0 bridgehead atoms. The third-order valence-corrected chi connectivity index (χ3v) is 4.86. The molecule has 1 aromatic heterocycles. The van der Waals surface area contributed by atoms with E-state index in [1.807, 2.05) is 35.2 Å². The largest absolute Gasteiger partial charge is 0.377 e. The molecule has 0 aliphatic carbocycles. The maximum absolute atomic E-state index is 12.5. The van der Waals surface area contributed by atoms with E-state index in [9.17, 15) is 9.59 Å². The number of carbonyl (C=O) groups is 1. The second-order valence-corrected chi connectivity index (χ2v) is 7.08. The highest BCUT2D eigenvalue weighted by molar-refractivity contribution is 5.76. The molecule has 0 unspecified atom stereocenters. The highest BCUT2D eigenvalue weighted by atomic mass is 16.5. The summed E-state index contributed by atoms with van der Waals surface area (Å²) in [5.41, 5.74) is 1.81. The third kappa shape index (κ3) is 5.76. The van der Waals surface area contributed by atoms with E-state index in [2.05, 4.69) is 9.97 Å². The molecule has 1 atom stereocenters. The summed E-state index contributed by atoms with van der Waals surface area (Å²) in [5, 5.41) is 0. The first-order valence-electron chi connectivity index (χ1n) is 9.59. The molecule has 1 aromatic carbocycles. The maximum atomic E-state index is 12.5. The molecule has 0 saturated carbocycles. The molecule has 2 aromatic rings. The van der Waals surface area contributed by atoms with Gasteiger partial charge in [-0.15, -0.1) is 0 Å². The SMILES string of the molecule is Cc1nc([C@H]2CCCN(C(=O)CCCOCc3ccccc3)C2)cc(=O)[nH]1. The van der Waals surface area contributed by atoms with Crippen molar-refractivity contribution in [1.29, 1.82) is 0 Å². The van der Waals surface area contributed by atoms with Crippen molar-refractivity contribution < 1.29 is 9.53 Å². The van der Waals surface area contributed by atoms with Gasteiger partial charge in [-0.1, -0.05) is 30.3 Å². The standard InChI is InChI=1S/C21H27N3O3/c1-16-22-19(13-20(25)23-16)18-9-5-11-24(14-18)21(26)10-6-12-27-15-17-7-3-2-4-8-17/h2-4,7-8,13,18H,5-6,9-12,14-15H2,1H3,(H,22,23,25)/t18-/m0/s1. The summed E-state index contributed by atoms with van der Waals surface area (Å²) in [6, 6.07) is 11.6. The smallest absolute Gasteiger partial charge is 0.251 e. The van der Waals surface area contributed by atoms with Gasteiger partial charge in [0.1, 0.15) is 5.82 Å². The number of hydrogen-bond acceptors (Lipinski definition) is 4. The molecule has 6 heteroatoms. The number of aryl methyl sites for hydroxylation is 1. The first-order chi connectivity index (χ1) is 13.1. The quantitative estimate of drug-likeness (QED) is 0.762. The molecule has 1 fully saturated rings. The van der Waals surface area contributed by atoms with Crippen molar-refractivity contribution in [2.45, 2.75) is 45.1 Å². The summed E-state index contributed by atoms with van der Waals surface area (Å²) in [7, 11) is 0. The monoisotopic (exact) mass is 369 g/mol. The topological polar surface area (TPSA) is 75.3 Å². The van der Waals surface area contributed by atoms with Crippen molar-refractivity contribution in [2.75, 3.05) is 19.7 Å². The van der Waals surface area contributed by atoms with Gasteiger partial charge in [-0.25, -0.2) is 4.98 Å². The maximum Gasteiger partial charge on any atom is 0.251 e. The number of piperidine rings is 1. The van der Waals surface area contributed by atoms with Gasteiger partial charge in [0.25, 0.3) is 5.56 Å². The van der Waals surface area contributed by atoms with Crippen LogP contribution in [0.2, 0.25) is 0 Å². The highest BCUT2D eigenvalue weighted by Gasteiger charge is 2.25. The number of carbonyl (C=O) groups excluding carboxylic acids is 1. The van der Waals surface area contributed by atoms with Crippen molar-refractivity contribution in [3.63, 3.8) is 0 Å². The predicted octanol–water partition coefficient (Wildman–Crippen LogP) is 2.78. The molecule has 1 N–H and O–H groups in total. The molecule has 1 aliphatic rings. The van der Waals surface area contributed by atoms with E-state index in [0.717, 1.165) is 37.1 Å². The molecule has 1 saturated heterocycles. The Morgan fingerprint density at radius 3 is 2.93 bits per heavy atom. The molecule has 27 heavy (non-hydrogen) atoms. The van der Waals surface area contributed by atoms with E-state index >= 15 is 0 Å². The zero-order valence-electron chi connectivity index (χ0n) is 15.8. The van der Waals surface area contributed by atoms with Crippen LogP contribution in [0, 0.1) is 6.92 Å². The molecule has 1 aliphatic heterocycles. The van der Waals surface area contributed by atoms with Crippen LogP contribution in [-0.4, -0.2) is 40.5 Å². The first-order valence-corrected chi connectivity index (χ1v) is 9.59. The number of nitrogens with one attached hydrogen (secondary N) is 1. The molecule has 2 heterocycles. The van der Waals surface area contributed by atoms with Gasteiger partial charge in [-0.3, -0.25) is 9.59 Å². The first kappa shape index (κ1) is 19.3. The van der Waals surface area contributed by atoms with Crippen molar-refractivity contribution in [1.82, 2.24) is 14.9 Å². The number of aromatic amines is 1. The van der Waals surface area contributed by atoms with Gasteiger partial charge in [-0.2, -0.15) is 0 Å². The van der Waals surface area contributed by atoms with Gasteiger partial charge in [0.05, 0.1) is 12.3 Å². The second-order valence-electron chi connectivity index (χ2n) is 7.08. The Labute approximate surface area is 159 Å². The van der Waals surface area contributed by atoms with Gasteiger partial charge >= 0.3 is 0 Å². The van der Waals surface area contributed by atoms with Gasteiger partial charge in [0.15, 0.2) is 0 Å². The van der Waals surface area contributed by atoms with Gasteiger partial charge in [0.2, 0.25) is 5.91 Å². The van der Waals surface area contributed by atoms with Crippen molar-refractivity contribution in [3.05, 3.63) is 63.8 Å². The third-order valence-electron chi connectivity index (χ3n) is 4.86. The summed E-state index contributed by atoms with van der Waals surface area (Å²) in [6.07, 6.45) is 3.10. The summed E-state index contributed by atoms with van der Waals surface area (Å²) in [6.45, 7) is 4.36. The van der Waals surface area contributed by atoms with E-state index in [4.69, 9.17) is 4.74 Å². The normalized spacial score (nSPS) is 17.1. The lowest BCUT2D eigenvalue weighted by Gasteiger charge is -2.32. The molecule has 1 amide bonds. The van der Waals surface area contributed by atoms with E-state index in [0.29, 0.717) is 32.0 Å². The second kappa shape index (κ2) is 9.46. The number of H-pyrrole nitrogens is 1. The van der Waals surface area contributed by atoms with Crippen LogP contribution in [-0.2, 0) is 16.1 Å². The fourth-order valence-electron chi connectivity index (χ4n) is 3.50. The van der Waals surface area contributed by atoms with Gasteiger partial charge in [-0.05, 0) is 31.7 Å². The van der Waals surface area contributed by atoms with Crippen LogP contribution >= 0.6 is 0 Å². The van der Waals surface area contributed by atoms with Crippen LogP contribution in [0.4, 0.5) is 0 Å².